The molecule has 3 rings (SSSR count). The zero-order valence-electron chi connectivity index (χ0n) is 14.8. The molecule has 0 aromatic heterocycles. The first kappa shape index (κ1) is 19.8. The molecule has 2 heterocycles. The second-order valence-electron chi connectivity index (χ2n) is 7.27. The first-order chi connectivity index (χ1) is 12.8. The van der Waals surface area contributed by atoms with Crippen LogP contribution < -0.4 is 5.32 Å². The lowest BCUT2D eigenvalue weighted by Crippen LogP contribution is -2.52. The van der Waals surface area contributed by atoms with Crippen LogP contribution in [0.5, 0.6) is 0 Å². The van der Waals surface area contributed by atoms with E-state index in [1.807, 2.05) is 0 Å². The quantitative estimate of drug-likeness (QED) is 0.810. The van der Waals surface area contributed by atoms with Crippen molar-refractivity contribution in [3.63, 3.8) is 0 Å². The number of amides is 1. The van der Waals surface area contributed by atoms with E-state index in [-0.39, 0.29) is 12.1 Å². The zero-order valence-corrected chi connectivity index (χ0v) is 14.8. The molecule has 2 bridgehead atoms. The Morgan fingerprint density at radius 3 is 2.50 bits per heavy atom. The molecule has 2 N–H and O–H groups in total. The minimum Gasteiger partial charge on any atom is -0.481 e. The number of carboxylic acid groups (broad SMARTS) is 1. The highest BCUT2D eigenvalue weighted by Gasteiger charge is 2.72. The number of carbonyl (C=O) groups is 3. The number of anilines is 1. The second-order valence-corrected chi connectivity index (χ2v) is 7.27. The fourth-order valence-corrected chi connectivity index (χ4v) is 4.13. The first-order valence-corrected chi connectivity index (χ1v) is 8.22. The van der Waals surface area contributed by atoms with Crippen LogP contribution in [0.4, 0.5) is 18.9 Å². The van der Waals surface area contributed by atoms with Crippen LogP contribution in [0.2, 0.25) is 0 Å². The van der Waals surface area contributed by atoms with E-state index >= 15 is 0 Å². The molecule has 28 heavy (non-hydrogen) atoms. The number of fused-ring (bicyclic) bond motifs is 2. The highest BCUT2D eigenvalue weighted by Crippen LogP contribution is 2.56. The van der Waals surface area contributed by atoms with Gasteiger partial charge >= 0.3 is 12.1 Å². The van der Waals surface area contributed by atoms with Crippen LogP contribution in [-0.4, -0.2) is 34.0 Å². The number of carbonyl (C=O) groups excluding carboxylic acids is 2. The summed E-state index contributed by atoms with van der Waals surface area (Å²) < 4.78 is 44.9. The van der Waals surface area contributed by atoms with Crippen LogP contribution in [0.1, 0.15) is 31.4 Å². The molecule has 2 aliphatic rings. The summed E-state index contributed by atoms with van der Waals surface area (Å²) in [7, 11) is 0. The lowest BCUT2D eigenvalue weighted by molar-refractivity contribution is -0.154. The molecule has 0 saturated carbocycles. The summed E-state index contributed by atoms with van der Waals surface area (Å²) in [4.78, 5) is 36.7. The van der Waals surface area contributed by atoms with Crippen LogP contribution in [0.25, 0.3) is 0 Å². The zero-order chi connectivity index (χ0) is 21.1. The van der Waals surface area contributed by atoms with E-state index in [0.29, 0.717) is 6.07 Å². The average Bonchev–Trinajstić information content (AvgIpc) is 2.95. The highest BCUT2D eigenvalue weighted by molar-refractivity contribution is 6.04. The van der Waals surface area contributed by atoms with Crippen molar-refractivity contribution in [2.24, 2.45) is 11.8 Å². The molecule has 2 unspecified atom stereocenters. The summed E-state index contributed by atoms with van der Waals surface area (Å²) in [5.41, 5.74) is -5.13. The van der Waals surface area contributed by atoms with Gasteiger partial charge in [-0.2, -0.15) is 18.4 Å². The van der Waals surface area contributed by atoms with Gasteiger partial charge in [0.2, 0.25) is 5.91 Å². The van der Waals surface area contributed by atoms with E-state index in [0.717, 1.165) is 12.1 Å². The SMILES string of the molecule is CC12CC(=O)C(C)(O1)[C@H](C(=O)O)[C@@H]2C(=O)Nc1ccc(C#N)c(C(F)(F)F)c1. The van der Waals surface area contributed by atoms with Crippen LogP contribution >= 0.6 is 0 Å². The average molecular weight is 396 g/mol. The van der Waals surface area contributed by atoms with E-state index in [1.165, 1.54) is 19.9 Å². The fourth-order valence-electron chi connectivity index (χ4n) is 4.13. The number of ketones is 1. The van der Waals surface area contributed by atoms with Gasteiger partial charge in [-0.25, -0.2) is 0 Å². The number of carboxylic acids is 1. The predicted molar refractivity (Wildman–Crippen MR) is 86.9 cm³/mol. The molecule has 0 spiro atoms. The Morgan fingerprint density at radius 1 is 1.32 bits per heavy atom. The Bertz CT molecular complexity index is 938. The van der Waals surface area contributed by atoms with Gasteiger partial charge < -0.3 is 15.2 Å². The maximum absolute atomic E-state index is 13.1. The van der Waals surface area contributed by atoms with Crippen LogP contribution in [0.15, 0.2) is 18.2 Å². The number of rotatable bonds is 3. The number of aliphatic carboxylic acids is 1. The van der Waals surface area contributed by atoms with Gasteiger partial charge in [0.05, 0.1) is 28.7 Å². The normalized spacial score (nSPS) is 31.5. The summed E-state index contributed by atoms with van der Waals surface area (Å²) in [6.07, 6.45) is -4.98. The molecule has 4 atom stereocenters. The topological polar surface area (TPSA) is 116 Å². The van der Waals surface area contributed by atoms with Gasteiger partial charge in [0.25, 0.3) is 0 Å². The number of nitriles is 1. The van der Waals surface area contributed by atoms with Crippen molar-refractivity contribution in [2.75, 3.05) is 5.32 Å². The van der Waals surface area contributed by atoms with Crippen molar-refractivity contribution in [2.45, 2.75) is 37.6 Å². The Labute approximate surface area is 157 Å². The minimum absolute atomic E-state index is 0.174. The van der Waals surface area contributed by atoms with E-state index in [1.54, 1.807) is 0 Å². The number of alkyl halides is 3. The second kappa shape index (κ2) is 6.04. The van der Waals surface area contributed by atoms with E-state index in [2.05, 4.69) is 5.32 Å². The molecule has 1 aromatic carbocycles. The molecule has 0 aliphatic carbocycles. The van der Waals surface area contributed by atoms with E-state index in [9.17, 15) is 32.7 Å². The third kappa shape index (κ3) is 2.82. The van der Waals surface area contributed by atoms with Crippen molar-refractivity contribution >= 4 is 23.3 Å². The molecule has 148 valence electrons. The standard InChI is InChI=1S/C18H15F3N2O5/c1-16-6-11(24)17(2,28-16)13(15(26)27)12(16)14(25)23-9-4-3-8(7-22)10(5-9)18(19,20)21/h3-5,12-13H,6H2,1-2H3,(H,23,25)(H,26,27)/t12-,13+,16?,17?/m1/s1. The molecule has 2 aliphatic heterocycles. The number of benzene rings is 1. The van der Waals surface area contributed by atoms with Gasteiger partial charge in [0.1, 0.15) is 11.5 Å². The molecule has 2 saturated heterocycles. The predicted octanol–water partition coefficient (Wildman–Crippen LogP) is 2.35. The van der Waals surface area contributed by atoms with E-state index in [4.69, 9.17) is 10.00 Å². The van der Waals surface area contributed by atoms with Crippen molar-refractivity contribution in [3.8, 4) is 6.07 Å². The lowest BCUT2D eigenvalue weighted by Gasteiger charge is -2.32. The van der Waals surface area contributed by atoms with Gasteiger partial charge in [-0.3, -0.25) is 14.4 Å². The number of Topliss-reactive ketones (excluding diaryl/α,β-unsaturated/α-hetero) is 1. The Hall–Kier alpha value is -2.93. The molecule has 2 fully saturated rings. The number of nitrogens with one attached hydrogen (secondary N) is 1. The molecular formula is C18H15F3N2O5. The fraction of sp³-hybridized carbons (Fsp3) is 0.444. The molecule has 0 radical (unpaired) electrons. The summed E-state index contributed by atoms with van der Waals surface area (Å²) in [5.74, 6) is -5.47. The highest BCUT2D eigenvalue weighted by atomic mass is 19.4. The summed E-state index contributed by atoms with van der Waals surface area (Å²) in [5, 5.41) is 20.6. The Balaban J connectivity index is 1.95. The largest absolute Gasteiger partial charge is 0.481 e. The molecule has 1 aromatic rings. The van der Waals surface area contributed by atoms with Crippen molar-refractivity contribution in [1.82, 2.24) is 0 Å². The van der Waals surface area contributed by atoms with Gasteiger partial charge in [0, 0.05) is 12.1 Å². The first-order valence-electron chi connectivity index (χ1n) is 8.22. The summed E-state index contributed by atoms with van der Waals surface area (Å²) >= 11 is 0. The van der Waals surface area contributed by atoms with E-state index < -0.39 is 58.0 Å². The van der Waals surface area contributed by atoms with Crippen LogP contribution in [0.3, 0.4) is 0 Å². The maximum Gasteiger partial charge on any atom is 0.417 e. The van der Waals surface area contributed by atoms with Crippen molar-refractivity contribution in [1.29, 1.82) is 5.26 Å². The third-order valence-corrected chi connectivity index (χ3v) is 5.36. The third-order valence-electron chi connectivity index (χ3n) is 5.36. The van der Waals surface area contributed by atoms with Crippen LogP contribution in [0, 0.1) is 23.2 Å². The van der Waals surface area contributed by atoms with Gasteiger partial charge in [-0.15, -0.1) is 0 Å². The van der Waals surface area contributed by atoms with Crippen molar-refractivity contribution < 1.29 is 37.4 Å². The van der Waals surface area contributed by atoms with Crippen LogP contribution in [-0.2, 0) is 25.3 Å². The number of halogens is 3. The molecule has 1 amide bonds. The van der Waals surface area contributed by atoms with Gasteiger partial charge in [-0.05, 0) is 32.0 Å². The number of hydrogen-bond acceptors (Lipinski definition) is 5. The number of hydrogen-bond donors (Lipinski definition) is 2. The monoisotopic (exact) mass is 396 g/mol. The Morgan fingerprint density at radius 2 is 1.96 bits per heavy atom. The number of ether oxygens (including phenoxy) is 1. The molecule has 10 heteroatoms. The summed E-state index contributed by atoms with van der Waals surface area (Å²) in [6.45, 7) is 2.74. The van der Waals surface area contributed by atoms with Gasteiger partial charge in [-0.1, -0.05) is 0 Å². The van der Waals surface area contributed by atoms with Gasteiger partial charge in [0.15, 0.2) is 5.78 Å². The number of nitrogens with zero attached hydrogens (tertiary/aromatic N) is 1. The smallest absolute Gasteiger partial charge is 0.417 e. The Kier molecular flexibility index (Phi) is 4.27. The summed E-state index contributed by atoms with van der Waals surface area (Å²) in [6, 6.07) is 4.07. The maximum atomic E-state index is 13.1. The van der Waals surface area contributed by atoms with Crippen molar-refractivity contribution in [3.05, 3.63) is 29.3 Å². The minimum atomic E-state index is -4.81. The molecule has 7 nitrogen and oxygen atoms in total. The lowest BCUT2D eigenvalue weighted by atomic mass is 9.66. The molecular weight excluding hydrogens is 381 g/mol.